The Bertz CT molecular complexity index is 390. The molecular formula is C12H19BrN2OS. The van der Waals surface area contributed by atoms with Crippen LogP contribution in [0.4, 0.5) is 0 Å². The van der Waals surface area contributed by atoms with Crippen molar-refractivity contribution in [2.75, 3.05) is 13.6 Å². The molecule has 0 bridgehead atoms. The normalized spacial score (nSPS) is 11.6. The van der Waals surface area contributed by atoms with Crippen molar-refractivity contribution in [2.24, 2.45) is 0 Å². The Morgan fingerprint density at radius 1 is 1.53 bits per heavy atom. The number of hydrogen-bond donors (Lipinski definition) is 1. The largest absolute Gasteiger partial charge is 0.336 e. The third-order valence-electron chi connectivity index (χ3n) is 2.80. The van der Waals surface area contributed by atoms with Crippen molar-refractivity contribution in [2.45, 2.75) is 32.9 Å². The summed E-state index contributed by atoms with van der Waals surface area (Å²) in [5.74, 6) is 0.132. The van der Waals surface area contributed by atoms with Gasteiger partial charge in [-0.2, -0.15) is 0 Å². The topological polar surface area (TPSA) is 32.3 Å². The Kier molecular flexibility index (Phi) is 5.16. The maximum Gasteiger partial charge on any atom is 0.242 e. The number of nitrogens with one attached hydrogen (secondary N) is 1. The molecule has 1 amide bonds. The summed E-state index contributed by atoms with van der Waals surface area (Å²) in [6.07, 6.45) is 0. The Morgan fingerprint density at radius 3 is 2.59 bits per heavy atom. The van der Waals surface area contributed by atoms with Crippen LogP contribution < -0.4 is 5.32 Å². The maximum atomic E-state index is 12.3. The lowest BCUT2D eigenvalue weighted by molar-refractivity contribution is -0.137. The Hall–Kier alpha value is -0.390. The molecule has 0 aliphatic heterocycles. The van der Waals surface area contributed by atoms with E-state index in [2.05, 4.69) is 27.3 Å². The van der Waals surface area contributed by atoms with E-state index < -0.39 is 5.54 Å². The van der Waals surface area contributed by atoms with Gasteiger partial charge in [0.1, 0.15) is 0 Å². The molecule has 5 heteroatoms. The Morgan fingerprint density at radius 2 is 2.18 bits per heavy atom. The van der Waals surface area contributed by atoms with Gasteiger partial charge in [-0.15, -0.1) is 11.3 Å². The molecule has 1 aromatic rings. The summed E-state index contributed by atoms with van der Waals surface area (Å²) < 4.78 is 1.10. The molecule has 1 aromatic heterocycles. The second kappa shape index (κ2) is 5.98. The molecule has 0 saturated heterocycles. The molecular weight excluding hydrogens is 300 g/mol. The van der Waals surface area contributed by atoms with E-state index in [9.17, 15) is 4.79 Å². The lowest BCUT2D eigenvalue weighted by Gasteiger charge is -2.30. The molecule has 0 aromatic carbocycles. The van der Waals surface area contributed by atoms with Crippen molar-refractivity contribution >= 4 is 33.2 Å². The number of nitrogens with zero attached hydrogens (tertiary/aromatic N) is 1. The molecule has 0 aliphatic rings. The van der Waals surface area contributed by atoms with E-state index >= 15 is 0 Å². The van der Waals surface area contributed by atoms with E-state index in [-0.39, 0.29) is 5.91 Å². The predicted molar refractivity (Wildman–Crippen MR) is 76.2 cm³/mol. The zero-order chi connectivity index (χ0) is 13.1. The zero-order valence-corrected chi connectivity index (χ0v) is 13.1. The number of hydrogen-bond acceptors (Lipinski definition) is 3. The molecule has 0 aliphatic carbocycles. The quantitative estimate of drug-likeness (QED) is 0.905. The van der Waals surface area contributed by atoms with Crippen LogP contribution >= 0.6 is 27.3 Å². The van der Waals surface area contributed by atoms with Crippen molar-refractivity contribution in [1.82, 2.24) is 10.2 Å². The first-order valence-corrected chi connectivity index (χ1v) is 7.24. The lowest BCUT2D eigenvalue weighted by Crippen LogP contribution is -2.52. The number of carbonyl (C=O) groups is 1. The van der Waals surface area contributed by atoms with Gasteiger partial charge in [-0.3, -0.25) is 4.79 Å². The number of rotatable bonds is 5. The third-order valence-corrected chi connectivity index (χ3v) is 4.41. The van der Waals surface area contributed by atoms with Crippen molar-refractivity contribution in [3.63, 3.8) is 0 Å². The Labute approximate surface area is 115 Å². The van der Waals surface area contributed by atoms with Gasteiger partial charge in [0.25, 0.3) is 0 Å². The van der Waals surface area contributed by atoms with Crippen LogP contribution in [-0.4, -0.2) is 29.9 Å². The van der Waals surface area contributed by atoms with Crippen LogP contribution in [0.3, 0.4) is 0 Å². The molecule has 0 atom stereocenters. The van der Waals surface area contributed by atoms with Gasteiger partial charge in [-0.1, -0.05) is 0 Å². The van der Waals surface area contributed by atoms with Gasteiger partial charge in [0.15, 0.2) is 0 Å². The first-order valence-electron chi connectivity index (χ1n) is 5.63. The molecule has 96 valence electrons. The highest BCUT2D eigenvalue weighted by molar-refractivity contribution is 9.11. The summed E-state index contributed by atoms with van der Waals surface area (Å²) in [7, 11) is 1.81. The SMILES string of the molecule is CCN(Cc1ccc(Br)s1)C(=O)C(C)(C)NC. The molecule has 0 saturated carbocycles. The fraction of sp³-hybridized carbons (Fsp3) is 0.583. The van der Waals surface area contributed by atoms with Crippen LogP contribution in [0.25, 0.3) is 0 Å². The van der Waals surface area contributed by atoms with Crippen molar-refractivity contribution < 1.29 is 4.79 Å². The van der Waals surface area contributed by atoms with Crippen LogP contribution in [0, 0.1) is 0 Å². The molecule has 1 rings (SSSR count). The maximum absolute atomic E-state index is 12.3. The lowest BCUT2D eigenvalue weighted by atomic mass is 10.0. The average Bonchev–Trinajstić information content (AvgIpc) is 2.70. The molecule has 1 N–H and O–H groups in total. The molecule has 3 nitrogen and oxygen atoms in total. The summed E-state index contributed by atoms with van der Waals surface area (Å²) in [6, 6.07) is 4.07. The van der Waals surface area contributed by atoms with Crippen LogP contribution in [0.2, 0.25) is 0 Å². The second-order valence-electron chi connectivity index (χ2n) is 4.40. The van der Waals surface area contributed by atoms with E-state index in [1.807, 2.05) is 38.8 Å². The monoisotopic (exact) mass is 318 g/mol. The number of amides is 1. The number of likely N-dealkylation sites (N-methyl/N-ethyl adjacent to an activating group) is 2. The number of halogens is 1. The van der Waals surface area contributed by atoms with Crippen molar-refractivity contribution in [1.29, 1.82) is 0 Å². The molecule has 0 spiro atoms. The number of carbonyl (C=O) groups excluding carboxylic acids is 1. The summed E-state index contributed by atoms with van der Waals surface area (Å²) in [5, 5.41) is 3.05. The van der Waals surface area contributed by atoms with E-state index in [4.69, 9.17) is 0 Å². The van der Waals surface area contributed by atoms with Gasteiger partial charge in [-0.25, -0.2) is 0 Å². The van der Waals surface area contributed by atoms with Gasteiger partial charge in [0.2, 0.25) is 5.91 Å². The summed E-state index contributed by atoms with van der Waals surface area (Å²) >= 11 is 5.11. The van der Waals surface area contributed by atoms with E-state index in [0.29, 0.717) is 6.54 Å². The summed E-state index contributed by atoms with van der Waals surface area (Å²) in [4.78, 5) is 15.4. The van der Waals surface area contributed by atoms with Crippen molar-refractivity contribution in [3.8, 4) is 0 Å². The predicted octanol–water partition coefficient (Wildman–Crippen LogP) is 2.86. The molecule has 17 heavy (non-hydrogen) atoms. The third kappa shape index (κ3) is 3.79. The summed E-state index contributed by atoms with van der Waals surface area (Å²) in [5.41, 5.74) is -0.509. The molecule has 0 fully saturated rings. The second-order valence-corrected chi connectivity index (χ2v) is 6.95. The van der Waals surface area contributed by atoms with Gasteiger partial charge in [-0.05, 0) is 55.9 Å². The minimum atomic E-state index is -0.509. The Balaban J connectivity index is 2.75. The van der Waals surface area contributed by atoms with Crippen LogP contribution in [0.1, 0.15) is 25.6 Å². The highest BCUT2D eigenvalue weighted by atomic mass is 79.9. The smallest absolute Gasteiger partial charge is 0.242 e. The van der Waals surface area contributed by atoms with Crippen molar-refractivity contribution in [3.05, 3.63) is 20.8 Å². The average molecular weight is 319 g/mol. The molecule has 0 radical (unpaired) electrons. The first kappa shape index (κ1) is 14.7. The first-order chi connectivity index (χ1) is 7.90. The minimum absolute atomic E-state index is 0.132. The zero-order valence-electron chi connectivity index (χ0n) is 10.7. The van der Waals surface area contributed by atoms with Gasteiger partial charge in [0.05, 0.1) is 15.9 Å². The van der Waals surface area contributed by atoms with Crippen LogP contribution in [0.15, 0.2) is 15.9 Å². The molecule has 1 heterocycles. The van der Waals surface area contributed by atoms with Crippen LogP contribution in [0.5, 0.6) is 0 Å². The van der Waals surface area contributed by atoms with Gasteiger partial charge >= 0.3 is 0 Å². The molecule has 0 unspecified atom stereocenters. The van der Waals surface area contributed by atoms with E-state index in [1.54, 1.807) is 11.3 Å². The minimum Gasteiger partial charge on any atom is -0.336 e. The summed E-state index contributed by atoms with van der Waals surface area (Å²) in [6.45, 7) is 7.22. The standard InChI is InChI=1S/C12H19BrN2OS/c1-5-15(11(16)12(2,3)14-4)8-9-6-7-10(13)17-9/h6-7,14H,5,8H2,1-4H3. The van der Waals surface area contributed by atoms with Crippen LogP contribution in [-0.2, 0) is 11.3 Å². The number of thiophene rings is 1. The van der Waals surface area contributed by atoms with E-state index in [1.165, 1.54) is 4.88 Å². The highest BCUT2D eigenvalue weighted by Crippen LogP contribution is 2.24. The highest BCUT2D eigenvalue weighted by Gasteiger charge is 2.29. The fourth-order valence-electron chi connectivity index (χ4n) is 1.45. The van der Waals surface area contributed by atoms with Gasteiger partial charge < -0.3 is 10.2 Å². The van der Waals surface area contributed by atoms with E-state index in [0.717, 1.165) is 10.3 Å². The van der Waals surface area contributed by atoms with Gasteiger partial charge in [0, 0.05) is 11.4 Å². The fourth-order valence-corrected chi connectivity index (χ4v) is 2.95.